The molecule has 30 heavy (non-hydrogen) atoms. The maximum absolute atomic E-state index is 13.0. The number of carbonyl (C=O) groups excluding carboxylic acids is 1. The molecule has 0 bridgehead atoms. The predicted octanol–water partition coefficient (Wildman–Crippen LogP) is 3.85. The van der Waals surface area contributed by atoms with Crippen LogP contribution in [0.3, 0.4) is 0 Å². The lowest BCUT2D eigenvalue weighted by Gasteiger charge is -2.31. The fourth-order valence-electron chi connectivity index (χ4n) is 3.35. The lowest BCUT2D eigenvalue weighted by Crippen LogP contribution is -2.37. The van der Waals surface area contributed by atoms with Gasteiger partial charge in [0.1, 0.15) is 16.9 Å². The van der Waals surface area contributed by atoms with Crippen LogP contribution in [0.15, 0.2) is 36.4 Å². The Kier molecular flexibility index (Phi) is 6.31. The van der Waals surface area contributed by atoms with Crippen LogP contribution in [0.4, 0.5) is 5.69 Å². The molecule has 0 amide bonds. The van der Waals surface area contributed by atoms with E-state index in [-0.39, 0.29) is 11.3 Å². The second kappa shape index (κ2) is 8.75. The summed E-state index contributed by atoms with van der Waals surface area (Å²) in [7, 11) is 1.43. The molecule has 0 atom stereocenters. The normalized spacial score (nSPS) is 14.3. The smallest absolute Gasteiger partial charge is 0.340 e. The summed E-state index contributed by atoms with van der Waals surface area (Å²) in [5.41, 5.74) is 2.04. The Morgan fingerprint density at radius 1 is 1.00 bits per heavy atom. The zero-order valence-electron chi connectivity index (χ0n) is 17.7. The molecule has 1 fully saturated rings. The van der Waals surface area contributed by atoms with Crippen LogP contribution in [0.5, 0.6) is 5.75 Å². The predicted molar refractivity (Wildman–Crippen MR) is 114 cm³/mol. The van der Waals surface area contributed by atoms with Gasteiger partial charge in [-0.1, -0.05) is 12.1 Å². The van der Waals surface area contributed by atoms with Crippen molar-refractivity contribution >= 4 is 17.6 Å². The number of carbonyl (C=O) groups is 2. The van der Waals surface area contributed by atoms with Crippen molar-refractivity contribution in [1.29, 1.82) is 0 Å². The molecule has 7 heteroatoms. The fourth-order valence-corrected chi connectivity index (χ4v) is 3.35. The molecule has 1 saturated heterocycles. The average molecular weight is 413 g/mol. The lowest BCUT2D eigenvalue weighted by molar-refractivity contribution is 0.00696. The number of aromatic carboxylic acids is 1. The van der Waals surface area contributed by atoms with Crippen LogP contribution in [0, 0.1) is 0 Å². The van der Waals surface area contributed by atoms with Crippen molar-refractivity contribution in [3.05, 3.63) is 47.5 Å². The summed E-state index contributed by atoms with van der Waals surface area (Å²) in [6, 6.07) is 10.4. The van der Waals surface area contributed by atoms with Gasteiger partial charge in [0, 0.05) is 13.1 Å². The zero-order valence-corrected chi connectivity index (χ0v) is 17.7. The first-order chi connectivity index (χ1) is 14.2. The average Bonchev–Trinajstić information content (AvgIpc) is 2.72. The molecule has 1 N–H and O–H groups in total. The highest BCUT2D eigenvalue weighted by Gasteiger charge is 2.24. The van der Waals surface area contributed by atoms with Gasteiger partial charge in [0.25, 0.3) is 0 Å². The quantitative estimate of drug-likeness (QED) is 0.745. The number of anilines is 1. The van der Waals surface area contributed by atoms with Crippen molar-refractivity contribution in [1.82, 2.24) is 0 Å². The van der Waals surface area contributed by atoms with Crippen molar-refractivity contribution < 1.29 is 28.9 Å². The summed E-state index contributed by atoms with van der Waals surface area (Å²) in [5, 5.41) is 9.48. The summed E-state index contributed by atoms with van der Waals surface area (Å²) >= 11 is 0. The van der Waals surface area contributed by atoms with Gasteiger partial charge >= 0.3 is 11.9 Å². The first kappa shape index (κ1) is 21.6. The van der Waals surface area contributed by atoms with E-state index in [0.717, 1.165) is 11.3 Å². The van der Waals surface area contributed by atoms with Crippen LogP contribution in [0.2, 0.25) is 0 Å². The minimum Gasteiger partial charge on any atom is -0.496 e. The van der Waals surface area contributed by atoms with Crippen molar-refractivity contribution in [2.24, 2.45) is 0 Å². The molecule has 2 aromatic carbocycles. The molecule has 3 rings (SSSR count). The molecule has 0 aliphatic carbocycles. The highest BCUT2D eigenvalue weighted by atomic mass is 16.6. The molecule has 1 heterocycles. The van der Waals surface area contributed by atoms with E-state index in [1.54, 1.807) is 24.3 Å². The van der Waals surface area contributed by atoms with Crippen LogP contribution < -0.4 is 9.64 Å². The van der Waals surface area contributed by atoms with E-state index in [2.05, 4.69) is 4.90 Å². The monoisotopic (exact) mass is 413 g/mol. The Balaban J connectivity index is 2.07. The Morgan fingerprint density at radius 3 is 2.17 bits per heavy atom. The first-order valence-corrected chi connectivity index (χ1v) is 9.81. The molecule has 0 aromatic heterocycles. The Labute approximate surface area is 176 Å². The molecule has 0 radical (unpaired) electrons. The van der Waals surface area contributed by atoms with Gasteiger partial charge in [0.15, 0.2) is 0 Å². The summed E-state index contributed by atoms with van der Waals surface area (Å²) in [6.07, 6.45) is 0. The third-order valence-corrected chi connectivity index (χ3v) is 4.73. The van der Waals surface area contributed by atoms with E-state index in [4.69, 9.17) is 14.2 Å². The standard InChI is InChI=1S/C23H27NO6/c1-23(2,3)30-22(27)17-13-15(5-7-19(17)24-9-11-29-12-10-24)16-6-8-20(28-4)18(14-16)21(25)26/h5-8,13-14H,9-12H2,1-4H3,(H,25,26). The zero-order chi connectivity index (χ0) is 21.9. The molecular formula is C23H27NO6. The van der Waals surface area contributed by atoms with Gasteiger partial charge in [-0.3, -0.25) is 0 Å². The van der Waals surface area contributed by atoms with Crippen molar-refractivity contribution in [2.45, 2.75) is 26.4 Å². The van der Waals surface area contributed by atoms with Crippen molar-refractivity contribution in [3.8, 4) is 16.9 Å². The SMILES string of the molecule is COc1ccc(-c2ccc(N3CCOCC3)c(C(=O)OC(C)(C)C)c2)cc1C(=O)O. The minimum atomic E-state index is -1.08. The fraction of sp³-hybridized carbons (Fsp3) is 0.391. The van der Waals surface area contributed by atoms with Gasteiger partial charge in [0.2, 0.25) is 0 Å². The van der Waals surface area contributed by atoms with E-state index in [1.165, 1.54) is 7.11 Å². The Hall–Kier alpha value is -3.06. The number of hydrogen-bond donors (Lipinski definition) is 1. The minimum absolute atomic E-state index is 0.0612. The number of methoxy groups -OCH3 is 1. The van der Waals surface area contributed by atoms with E-state index >= 15 is 0 Å². The molecule has 1 aliphatic rings. The van der Waals surface area contributed by atoms with Crippen LogP contribution in [-0.4, -0.2) is 56.1 Å². The molecule has 160 valence electrons. The number of benzene rings is 2. The molecule has 0 saturated carbocycles. The second-order valence-electron chi connectivity index (χ2n) is 8.05. The third kappa shape index (κ3) is 4.91. The Morgan fingerprint density at radius 2 is 1.60 bits per heavy atom. The first-order valence-electron chi connectivity index (χ1n) is 9.81. The summed E-state index contributed by atoms with van der Waals surface area (Å²) in [5.74, 6) is -1.22. The largest absolute Gasteiger partial charge is 0.496 e. The van der Waals surface area contributed by atoms with Gasteiger partial charge in [0.05, 0.1) is 31.6 Å². The van der Waals surface area contributed by atoms with Crippen LogP contribution >= 0.6 is 0 Å². The molecule has 7 nitrogen and oxygen atoms in total. The highest BCUT2D eigenvalue weighted by molar-refractivity contribution is 5.98. The number of nitrogens with zero attached hydrogens (tertiary/aromatic N) is 1. The van der Waals surface area contributed by atoms with Crippen LogP contribution in [-0.2, 0) is 9.47 Å². The maximum Gasteiger partial charge on any atom is 0.340 e. The van der Waals surface area contributed by atoms with Gasteiger partial charge in [-0.05, 0) is 56.2 Å². The summed E-state index contributed by atoms with van der Waals surface area (Å²) in [4.78, 5) is 26.7. The molecular weight excluding hydrogens is 386 g/mol. The molecule has 0 spiro atoms. The molecule has 2 aromatic rings. The van der Waals surface area contributed by atoms with Gasteiger partial charge in [-0.25, -0.2) is 9.59 Å². The van der Waals surface area contributed by atoms with Crippen LogP contribution in [0.1, 0.15) is 41.5 Å². The van der Waals surface area contributed by atoms with Crippen molar-refractivity contribution in [2.75, 3.05) is 38.3 Å². The summed E-state index contributed by atoms with van der Waals surface area (Å²) in [6.45, 7) is 8.02. The number of esters is 1. The number of morpholine rings is 1. The van der Waals surface area contributed by atoms with Crippen molar-refractivity contribution in [3.63, 3.8) is 0 Å². The van der Waals surface area contributed by atoms with Crippen LogP contribution in [0.25, 0.3) is 11.1 Å². The topological polar surface area (TPSA) is 85.3 Å². The van der Waals surface area contributed by atoms with E-state index < -0.39 is 17.5 Å². The number of rotatable bonds is 5. The number of ether oxygens (including phenoxy) is 3. The molecule has 1 aliphatic heterocycles. The Bertz CT molecular complexity index is 941. The van der Waals surface area contributed by atoms with E-state index in [1.807, 2.05) is 32.9 Å². The number of hydrogen-bond acceptors (Lipinski definition) is 6. The number of carboxylic acids is 1. The van der Waals surface area contributed by atoms with E-state index in [0.29, 0.717) is 37.4 Å². The van der Waals surface area contributed by atoms with Gasteiger partial charge in [-0.15, -0.1) is 0 Å². The number of carboxylic acid groups (broad SMARTS) is 1. The van der Waals surface area contributed by atoms with E-state index in [9.17, 15) is 14.7 Å². The summed E-state index contributed by atoms with van der Waals surface area (Å²) < 4.78 is 16.2. The highest BCUT2D eigenvalue weighted by Crippen LogP contribution is 2.32. The second-order valence-corrected chi connectivity index (χ2v) is 8.05. The lowest BCUT2D eigenvalue weighted by atomic mass is 9.98. The maximum atomic E-state index is 13.0. The molecule has 0 unspecified atom stereocenters. The van der Waals surface area contributed by atoms with Gasteiger partial charge in [-0.2, -0.15) is 0 Å². The third-order valence-electron chi connectivity index (χ3n) is 4.73. The van der Waals surface area contributed by atoms with Gasteiger partial charge < -0.3 is 24.2 Å².